The van der Waals surface area contributed by atoms with E-state index in [1.165, 1.54) is 13.2 Å². The summed E-state index contributed by atoms with van der Waals surface area (Å²) in [7, 11) is 1.48. The lowest BCUT2D eigenvalue weighted by Crippen LogP contribution is -2.33. The molecule has 1 aliphatic heterocycles. The number of nitrogens with zero attached hydrogens (tertiary/aromatic N) is 3. The van der Waals surface area contributed by atoms with Crippen LogP contribution in [0.1, 0.15) is 24.8 Å². The maximum Gasteiger partial charge on any atom is 0.250 e. The molecule has 0 N–H and O–H groups in total. The lowest BCUT2D eigenvalue weighted by molar-refractivity contribution is -0.136. The normalized spacial score (nSPS) is 17.9. The highest BCUT2D eigenvalue weighted by molar-refractivity contribution is 5.78. The smallest absolute Gasteiger partial charge is 0.250 e. The molecule has 2 heterocycles. The van der Waals surface area contributed by atoms with E-state index in [-0.39, 0.29) is 30.0 Å². The van der Waals surface area contributed by atoms with Crippen molar-refractivity contribution < 1.29 is 18.3 Å². The first-order valence-corrected chi connectivity index (χ1v) is 7.07. The van der Waals surface area contributed by atoms with Crippen molar-refractivity contribution in [3.8, 4) is 11.5 Å². The van der Waals surface area contributed by atoms with Crippen molar-refractivity contribution in [3.05, 3.63) is 36.0 Å². The van der Waals surface area contributed by atoms with Crippen LogP contribution in [0.25, 0.3) is 11.5 Å². The third-order valence-electron chi connectivity index (χ3n) is 3.67. The molecule has 1 fully saturated rings. The summed E-state index contributed by atoms with van der Waals surface area (Å²) >= 11 is 0. The number of aromatic nitrogens is 2. The van der Waals surface area contributed by atoms with Crippen LogP contribution in [0.2, 0.25) is 0 Å². The molecule has 1 saturated heterocycles. The van der Waals surface area contributed by atoms with Gasteiger partial charge >= 0.3 is 0 Å². The van der Waals surface area contributed by atoms with Gasteiger partial charge in [-0.05, 0) is 25.0 Å². The summed E-state index contributed by atoms with van der Waals surface area (Å²) in [6.45, 7) is 0.648. The summed E-state index contributed by atoms with van der Waals surface area (Å²) in [5.41, 5.74) is 0.258. The molecule has 3 rings (SSSR count). The second-order valence-electron chi connectivity index (χ2n) is 5.10. The summed E-state index contributed by atoms with van der Waals surface area (Å²) in [6, 6.07) is 5.94. The summed E-state index contributed by atoms with van der Waals surface area (Å²) in [5.74, 6) is -0.0774. The number of carbonyl (C=O) groups excluding carboxylic acids is 1. The van der Waals surface area contributed by atoms with Gasteiger partial charge < -0.3 is 14.1 Å². The Morgan fingerprint density at radius 3 is 3.05 bits per heavy atom. The monoisotopic (exact) mass is 305 g/mol. The predicted molar refractivity (Wildman–Crippen MR) is 75.3 cm³/mol. The van der Waals surface area contributed by atoms with Gasteiger partial charge in [-0.25, -0.2) is 4.39 Å². The molecule has 1 aromatic heterocycles. The van der Waals surface area contributed by atoms with E-state index in [4.69, 9.17) is 9.15 Å². The van der Waals surface area contributed by atoms with Gasteiger partial charge in [-0.1, -0.05) is 12.1 Å². The van der Waals surface area contributed by atoms with Crippen LogP contribution < -0.4 is 0 Å². The van der Waals surface area contributed by atoms with Crippen molar-refractivity contribution in [3.63, 3.8) is 0 Å². The van der Waals surface area contributed by atoms with E-state index < -0.39 is 5.82 Å². The second-order valence-corrected chi connectivity index (χ2v) is 5.10. The molecule has 2 aromatic rings. The largest absolute Gasteiger partial charge is 0.418 e. The number of rotatable bonds is 4. The Bertz CT molecular complexity index is 674. The maximum atomic E-state index is 13.8. The highest BCUT2D eigenvalue weighted by Crippen LogP contribution is 2.33. The van der Waals surface area contributed by atoms with Crippen LogP contribution in [0.5, 0.6) is 0 Å². The van der Waals surface area contributed by atoms with Crippen LogP contribution in [-0.4, -0.2) is 41.3 Å². The SMILES string of the molecule is COCC(=O)N1CCCC1c1nnc(-c2ccccc2F)o1. The van der Waals surface area contributed by atoms with Gasteiger partial charge in [0.2, 0.25) is 11.8 Å². The molecular weight excluding hydrogens is 289 g/mol. The number of likely N-dealkylation sites (tertiary alicyclic amines) is 1. The number of ether oxygens (including phenoxy) is 1. The molecule has 0 aliphatic carbocycles. The summed E-state index contributed by atoms with van der Waals surface area (Å²) in [6.07, 6.45) is 1.60. The number of carbonyl (C=O) groups is 1. The predicted octanol–water partition coefficient (Wildman–Crippen LogP) is 2.19. The quantitative estimate of drug-likeness (QED) is 0.866. The van der Waals surface area contributed by atoms with E-state index in [2.05, 4.69) is 10.2 Å². The molecule has 6 nitrogen and oxygen atoms in total. The fourth-order valence-electron chi connectivity index (χ4n) is 2.64. The third kappa shape index (κ3) is 2.71. The van der Waals surface area contributed by atoms with Crippen molar-refractivity contribution in [2.75, 3.05) is 20.3 Å². The minimum atomic E-state index is -0.420. The first-order chi connectivity index (χ1) is 10.7. The standard InChI is InChI=1S/C15H16FN3O3/c1-21-9-13(20)19-8-4-7-12(19)15-18-17-14(22-15)10-5-2-3-6-11(10)16/h2-3,5-6,12H,4,7-9H2,1H3. The zero-order valence-corrected chi connectivity index (χ0v) is 12.2. The average molecular weight is 305 g/mol. The van der Waals surface area contributed by atoms with Gasteiger partial charge in [-0.3, -0.25) is 4.79 Å². The number of amides is 1. The molecule has 116 valence electrons. The van der Waals surface area contributed by atoms with Gasteiger partial charge in [0.15, 0.2) is 0 Å². The Hall–Kier alpha value is -2.28. The fraction of sp³-hybridized carbons (Fsp3) is 0.400. The highest BCUT2D eigenvalue weighted by atomic mass is 19.1. The molecule has 0 bridgehead atoms. The second kappa shape index (κ2) is 6.23. The zero-order chi connectivity index (χ0) is 15.5. The summed E-state index contributed by atoms with van der Waals surface area (Å²) < 4.78 is 24.2. The van der Waals surface area contributed by atoms with Gasteiger partial charge in [0.25, 0.3) is 5.89 Å². The van der Waals surface area contributed by atoms with Crippen LogP contribution in [0.4, 0.5) is 4.39 Å². The molecule has 0 radical (unpaired) electrons. The molecule has 0 saturated carbocycles. The van der Waals surface area contributed by atoms with E-state index in [9.17, 15) is 9.18 Å². The molecule has 0 spiro atoms. The Morgan fingerprint density at radius 2 is 2.27 bits per heavy atom. The molecule has 1 aliphatic rings. The minimum absolute atomic E-state index is 0.0187. The van der Waals surface area contributed by atoms with Gasteiger partial charge in [0, 0.05) is 13.7 Å². The van der Waals surface area contributed by atoms with E-state index in [1.54, 1.807) is 23.1 Å². The van der Waals surface area contributed by atoms with Crippen LogP contribution in [-0.2, 0) is 9.53 Å². The van der Waals surface area contributed by atoms with Gasteiger partial charge in [-0.2, -0.15) is 0 Å². The molecular formula is C15H16FN3O3. The summed E-state index contributed by atoms with van der Waals surface area (Å²) in [5, 5.41) is 7.90. The summed E-state index contributed by atoms with van der Waals surface area (Å²) in [4.78, 5) is 13.7. The number of methoxy groups -OCH3 is 1. The molecule has 1 unspecified atom stereocenters. The molecule has 22 heavy (non-hydrogen) atoms. The van der Waals surface area contributed by atoms with Gasteiger partial charge in [-0.15, -0.1) is 10.2 Å². The van der Waals surface area contributed by atoms with Crippen LogP contribution in [0.15, 0.2) is 28.7 Å². The van der Waals surface area contributed by atoms with Crippen molar-refractivity contribution in [2.45, 2.75) is 18.9 Å². The van der Waals surface area contributed by atoms with Gasteiger partial charge in [0.05, 0.1) is 5.56 Å². The Labute approximate surface area is 126 Å². The molecule has 1 atom stereocenters. The van der Waals surface area contributed by atoms with E-state index in [0.29, 0.717) is 12.4 Å². The van der Waals surface area contributed by atoms with Gasteiger partial charge in [0.1, 0.15) is 18.5 Å². The highest BCUT2D eigenvalue weighted by Gasteiger charge is 2.33. The third-order valence-corrected chi connectivity index (χ3v) is 3.67. The lowest BCUT2D eigenvalue weighted by Gasteiger charge is -2.21. The number of benzene rings is 1. The van der Waals surface area contributed by atoms with Crippen molar-refractivity contribution in [2.24, 2.45) is 0 Å². The van der Waals surface area contributed by atoms with Crippen molar-refractivity contribution >= 4 is 5.91 Å². The topological polar surface area (TPSA) is 68.5 Å². The minimum Gasteiger partial charge on any atom is -0.418 e. The molecule has 1 aromatic carbocycles. The van der Waals surface area contributed by atoms with E-state index in [0.717, 1.165) is 12.8 Å². The van der Waals surface area contributed by atoms with Crippen LogP contribution >= 0.6 is 0 Å². The number of halogens is 1. The van der Waals surface area contributed by atoms with Crippen molar-refractivity contribution in [1.82, 2.24) is 15.1 Å². The number of hydrogen-bond acceptors (Lipinski definition) is 5. The van der Waals surface area contributed by atoms with E-state index in [1.807, 2.05) is 0 Å². The van der Waals surface area contributed by atoms with Crippen LogP contribution in [0.3, 0.4) is 0 Å². The van der Waals surface area contributed by atoms with Crippen LogP contribution in [0, 0.1) is 5.82 Å². The first kappa shape index (κ1) is 14.6. The zero-order valence-electron chi connectivity index (χ0n) is 12.2. The lowest BCUT2D eigenvalue weighted by atomic mass is 10.2. The Kier molecular flexibility index (Phi) is 4.15. The number of hydrogen-bond donors (Lipinski definition) is 0. The maximum absolute atomic E-state index is 13.8. The Balaban J connectivity index is 1.84. The van der Waals surface area contributed by atoms with E-state index >= 15 is 0 Å². The van der Waals surface area contributed by atoms with Crippen molar-refractivity contribution in [1.29, 1.82) is 0 Å². The first-order valence-electron chi connectivity index (χ1n) is 7.07. The fourth-order valence-corrected chi connectivity index (χ4v) is 2.64. The Morgan fingerprint density at radius 1 is 1.45 bits per heavy atom. The average Bonchev–Trinajstić information content (AvgIpc) is 3.17. The molecule has 7 heteroatoms. The molecule has 1 amide bonds.